The van der Waals surface area contributed by atoms with Crippen molar-refractivity contribution in [1.82, 2.24) is 5.43 Å². The SMILES string of the molecule is CN/N=C(/C(=O)OC)c1ccccc1. The zero-order chi connectivity index (χ0) is 10.4. The number of nitrogens with zero attached hydrogens (tertiary/aromatic N) is 1. The second kappa shape index (κ2) is 5.01. The Morgan fingerprint density at radius 1 is 1.36 bits per heavy atom. The van der Waals surface area contributed by atoms with E-state index in [4.69, 9.17) is 0 Å². The maximum absolute atomic E-state index is 11.3. The van der Waals surface area contributed by atoms with Crippen molar-refractivity contribution in [3.05, 3.63) is 35.9 Å². The van der Waals surface area contributed by atoms with E-state index in [2.05, 4.69) is 15.3 Å². The summed E-state index contributed by atoms with van der Waals surface area (Å²) in [7, 11) is 2.96. The number of carbonyl (C=O) groups is 1. The first kappa shape index (κ1) is 10.2. The summed E-state index contributed by atoms with van der Waals surface area (Å²) in [6.07, 6.45) is 0. The fourth-order valence-corrected chi connectivity index (χ4v) is 1.03. The van der Waals surface area contributed by atoms with Gasteiger partial charge in [-0.2, -0.15) is 5.10 Å². The van der Waals surface area contributed by atoms with Crippen LogP contribution in [0.15, 0.2) is 35.4 Å². The molecular weight excluding hydrogens is 180 g/mol. The van der Waals surface area contributed by atoms with Gasteiger partial charge in [0.2, 0.25) is 0 Å². The van der Waals surface area contributed by atoms with Gasteiger partial charge in [0.25, 0.3) is 0 Å². The maximum Gasteiger partial charge on any atom is 0.359 e. The normalized spacial score (nSPS) is 10.9. The highest BCUT2D eigenvalue weighted by Crippen LogP contribution is 2.02. The minimum atomic E-state index is -0.453. The molecule has 0 saturated carbocycles. The van der Waals surface area contributed by atoms with Crippen LogP contribution >= 0.6 is 0 Å². The molecule has 1 aromatic carbocycles. The first-order valence-electron chi connectivity index (χ1n) is 4.17. The summed E-state index contributed by atoms with van der Waals surface area (Å²) in [5.41, 5.74) is 3.57. The molecule has 0 radical (unpaired) electrons. The minimum Gasteiger partial charge on any atom is -0.464 e. The van der Waals surface area contributed by atoms with Crippen molar-refractivity contribution in [3.8, 4) is 0 Å². The van der Waals surface area contributed by atoms with E-state index in [9.17, 15) is 4.79 Å². The molecule has 0 fully saturated rings. The Labute approximate surface area is 82.6 Å². The Balaban J connectivity index is 3.02. The number of rotatable bonds is 3. The van der Waals surface area contributed by atoms with Crippen LogP contribution in [0.1, 0.15) is 5.56 Å². The van der Waals surface area contributed by atoms with Crippen LogP contribution in [0, 0.1) is 0 Å². The first-order chi connectivity index (χ1) is 6.79. The molecule has 0 heterocycles. The van der Waals surface area contributed by atoms with Gasteiger partial charge in [-0.3, -0.25) is 0 Å². The summed E-state index contributed by atoms with van der Waals surface area (Å²) in [4.78, 5) is 11.3. The van der Waals surface area contributed by atoms with Crippen LogP contribution in [0.4, 0.5) is 0 Å². The van der Waals surface area contributed by atoms with Gasteiger partial charge in [0.1, 0.15) is 0 Å². The lowest BCUT2D eigenvalue weighted by Crippen LogP contribution is -2.19. The van der Waals surface area contributed by atoms with Gasteiger partial charge in [-0.05, 0) is 0 Å². The summed E-state index contributed by atoms with van der Waals surface area (Å²) in [6, 6.07) is 9.14. The molecule has 0 aliphatic rings. The van der Waals surface area contributed by atoms with Gasteiger partial charge in [0.05, 0.1) is 7.11 Å². The average molecular weight is 192 g/mol. The van der Waals surface area contributed by atoms with Crippen LogP contribution in [0.2, 0.25) is 0 Å². The topological polar surface area (TPSA) is 50.7 Å². The zero-order valence-corrected chi connectivity index (χ0v) is 8.15. The highest BCUT2D eigenvalue weighted by atomic mass is 16.5. The van der Waals surface area contributed by atoms with E-state index >= 15 is 0 Å². The third-order valence-corrected chi connectivity index (χ3v) is 1.65. The Hall–Kier alpha value is -1.84. The van der Waals surface area contributed by atoms with E-state index < -0.39 is 5.97 Å². The van der Waals surface area contributed by atoms with Crippen LogP contribution in [-0.4, -0.2) is 25.8 Å². The number of hydrazone groups is 1. The second-order valence-corrected chi connectivity index (χ2v) is 2.54. The summed E-state index contributed by atoms with van der Waals surface area (Å²) in [6.45, 7) is 0. The molecule has 0 unspecified atom stereocenters. The molecule has 74 valence electrons. The number of esters is 1. The molecule has 4 heteroatoms. The van der Waals surface area contributed by atoms with Crippen LogP contribution in [0.25, 0.3) is 0 Å². The van der Waals surface area contributed by atoms with Crippen molar-refractivity contribution >= 4 is 11.7 Å². The number of hydrogen-bond donors (Lipinski definition) is 1. The minimum absolute atomic E-state index is 0.274. The Morgan fingerprint density at radius 2 is 2.00 bits per heavy atom. The van der Waals surface area contributed by atoms with E-state index in [-0.39, 0.29) is 5.71 Å². The highest BCUT2D eigenvalue weighted by molar-refractivity contribution is 6.43. The predicted octanol–water partition coefficient (Wildman–Crippen LogP) is 0.783. The van der Waals surface area contributed by atoms with Crippen molar-refractivity contribution in [2.24, 2.45) is 5.10 Å². The van der Waals surface area contributed by atoms with Crippen molar-refractivity contribution in [1.29, 1.82) is 0 Å². The lowest BCUT2D eigenvalue weighted by Gasteiger charge is -2.03. The Bertz CT molecular complexity index is 333. The van der Waals surface area contributed by atoms with Crippen molar-refractivity contribution in [2.75, 3.05) is 14.2 Å². The van der Waals surface area contributed by atoms with Gasteiger partial charge >= 0.3 is 5.97 Å². The van der Waals surface area contributed by atoms with Crippen molar-refractivity contribution < 1.29 is 9.53 Å². The van der Waals surface area contributed by atoms with Gasteiger partial charge in [-0.25, -0.2) is 4.79 Å². The standard InChI is InChI=1S/C10H12N2O2/c1-11-12-9(10(13)14-2)8-6-4-3-5-7-8/h3-7,11H,1-2H3/b12-9+. The van der Waals surface area contributed by atoms with E-state index in [0.717, 1.165) is 5.56 Å². The summed E-state index contributed by atoms with van der Waals surface area (Å²) in [5.74, 6) is -0.453. The molecule has 14 heavy (non-hydrogen) atoms. The Kier molecular flexibility index (Phi) is 3.67. The third-order valence-electron chi connectivity index (χ3n) is 1.65. The lowest BCUT2D eigenvalue weighted by molar-refractivity contribution is -0.132. The number of nitrogens with one attached hydrogen (secondary N) is 1. The fraction of sp³-hybridized carbons (Fsp3) is 0.200. The number of ether oxygens (including phenoxy) is 1. The van der Waals surface area contributed by atoms with Gasteiger partial charge in [-0.15, -0.1) is 0 Å². The maximum atomic E-state index is 11.3. The molecule has 0 aliphatic carbocycles. The van der Waals surface area contributed by atoms with Gasteiger partial charge in [-0.1, -0.05) is 30.3 Å². The van der Waals surface area contributed by atoms with Crippen molar-refractivity contribution in [3.63, 3.8) is 0 Å². The van der Waals surface area contributed by atoms with Crippen LogP contribution in [0.5, 0.6) is 0 Å². The molecule has 0 spiro atoms. The zero-order valence-electron chi connectivity index (χ0n) is 8.15. The Morgan fingerprint density at radius 3 is 2.50 bits per heavy atom. The molecule has 0 saturated heterocycles. The molecule has 1 rings (SSSR count). The summed E-state index contributed by atoms with van der Waals surface area (Å²) in [5, 5.41) is 3.86. The van der Waals surface area contributed by atoms with Crippen molar-refractivity contribution in [2.45, 2.75) is 0 Å². The number of benzene rings is 1. The predicted molar refractivity (Wildman–Crippen MR) is 54.1 cm³/mol. The molecule has 1 aromatic rings. The van der Waals surface area contributed by atoms with Crippen LogP contribution < -0.4 is 5.43 Å². The van der Waals surface area contributed by atoms with Gasteiger partial charge in [0, 0.05) is 12.6 Å². The third kappa shape index (κ3) is 2.32. The van der Waals surface area contributed by atoms with Gasteiger partial charge in [0.15, 0.2) is 5.71 Å². The van der Waals surface area contributed by atoms with E-state index in [0.29, 0.717) is 0 Å². The molecular formula is C10H12N2O2. The molecule has 0 bridgehead atoms. The van der Waals surface area contributed by atoms with Crippen LogP contribution in [0.3, 0.4) is 0 Å². The largest absolute Gasteiger partial charge is 0.464 e. The molecule has 0 amide bonds. The molecule has 0 aliphatic heterocycles. The van der Waals surface area contributed by atoms with E-state index in [1.807, 2.05) is 18.2 Å². The average Bonchev–Trinajstić information content (AvgIpc) is 2.26. The monoisotopic (exact) mass is 192 g/mol. The molecule has 0 atom stereocenters. The van der Waals surface area contributed by atoms with Gasteiger partial charge < -0.3 is 10.2 Å². The number of carbonyl (C=O) groups excluding carboxylic acids is 1. The first-order valence-corrected chi connectivity index (χ1v) is 4.17. The smallest absolute Gasteiger partial charge is 0.359 e. The quantitative estimate of drug-likeness (QED) is 0.437. The van der Waals surface area contributed by atoms with Crippen LogP contribution in [-0.2, 0) is 9.53 Å². The second-order valence-electron chi connectivity index (χ2n) is 2.54. The lowest BCUT2D eigenvalue weighted by atomic mass is 10.1. The van der Waals surface area contributed by atoms with E-state index in [1.54, 1.807) is 19.2 Å². The molecule has 4 nitrogen and oxygen atoms in total. The van der Waals surface area contributed by atoms with E-state index in [1.165, 1.54) is 7.11 Å². The number of methoxy groups -OCH3 is 1. The number of hydrogen-bond acceptors (Lipinski definition) is 4. The fourth-order valence-electron chi connectivity index (χ4n) is 1.03. The molecule has 1 N–H and O–H groups in total. The summed E-state index contributed by atoms with van der Waals surface area (Å²) >= 11 is 0. The summed E-state index contributed by atoms with van der Waals surface area (Å²) < 4.78 is 4.61. The molecule has 0 aromatic heterocycles. The highest BCUT2D eigenvalue weighted by Gasteiger charge is 2.13.